The van der Waals surface area contributed by atoms with Gasteiger partial charge in [-0.05, 0) is 37.8 Å². The summed E-state index contributed by atoms with van der Waals surface area (Å²) in [5.41, 5.74) is 0.764. The first kappa shape index (κ1) is 13.9. The van der Waals surface area contributed by atoms with Crippen LogP contribution in [0.3, 0.4) is 0 Å². The summed E-state index contributed by atoms with van der Waals surface area (Å²) in [6.07, 6.45) is 11.8. The molecule has 0 N–H and O–H groups in total. The van der Waals surface area contributed by atoms with Crippen LogP contribution in [0.4, 0.5) is 0 Å². The molecule has 0 unspecified atom stereocenters. The smallest absolute Gasteiger partial charge is 0.246 e. The number of nitrogens with zero attached hydrogens (tertiary/aromatic N) is 5. The molecule has 0 radical (unpaired) electrons. The van der Waals surface area contributed by atoms with E-state index in [1.165, 1.54) is 12.8 Å². The first-order valence-corrected chi connectivity index (χ1v) is 7.79. The Bertz CT molecular complexity index is 762. The molecule has 23 heavy (non-hydrogen) atoms. The summed E-state index contributed by atoms with van der Waals surface area (Å²) in [4.78, 5) is 12.8. The van der Waals surface area contributed by atoms with Crippen LogP contribution in [0.5, 0.6) is 5.88 Å². The van der Waals surface area contributed by atoms with Crippen molar-refractivity contribution in [2.75, 3.05) is 0 Å². The van der Waals surface area contributed by atoms with Crippen LogP contribution in [0, 0.1) is 0 Å². The van der Waals surface area contributed by atoms with Crippen molar-refractivity contribution in [2.45, 2.75) is 38.3 Å². The number of imidazole rings is 1. The molecule has 0 atom stereocenters. The molecule has 0 aliphatic heterocycles. The van der Waals surface area contributed by atoms with Crippen molar-refractivity contribution in [2.24, 2.45) is 0 Å². The van der Waals surface area contributed by atoms with Crippen LogP contribution in [-0.2, 0) is 6.54 Å². The summed E-state index contributed by atoms with van der Waals surface area (Å²) < 4.78 is 13.2. The van der Waals surface area contributed by atoms with Gasteiger partial charge in [0.05, 0.1) is 11.9 Å². The van der Waals surface area contributed by atoms with Gasteiger partial charge in [0.25, 0.3) is 0 Å². The van der Waals surface area contributed by atoms with E-state index in [0.717, 1.165) is 18.4 Å². The van der Waals surface area contributed by atoms with E-state index >= 15 is 0 Å². The third kappa shape index (κ3) is 3.08. The summed E-state index contributed by atoms with van der Waals surface area (Å²) in [6.45, 7) is 0.492. The van der Waals surface area contributed by atoms with Crippen molar-refractivity contribution < 1.29 is 9.26 Å². The minimum Gasteiger partial charge on any atom is -0.474 e. The van der Waals surface area contributed by atoms with E-state index in [4.69, 9.17) is 9.26 Å². The highest BCUT2D eigenvalue weighted by molar-refractivity contribution is 5.60. The largest absolute Gasteiger partial charge is 0.474 e. The zero-order valence-electron chi connectivity index (χ0n) is 12.6. The lowest BCUT2D eigenvalue weighted by Crippen LogP contribution is -2.12. The Hall–Kier alpha value is -2.70. The van der Waals surface area contributed by atoms with Gasteiger partial charge in [-0.1, -0.05) is 5.16 Å². The van der Waals surface area contributed by atoms with E-state index in [0.29, 0.717) is 24.1 Å². The van der Waals surface area contributed by atoms with Gasteiger partial charge in [-0.2, -0.15) is 4.98 Å². The lowest BCUT2D eigenvalue weighted by Gasteiger charge is -2.13. The molecule has 1 aliphatic rings. The Balaban J connectivity index is 1.56. The predicted octanol–water partition coefficient (Wildman–Crippen LogP) is 2.70. The molecule has 1 aliphatic carbocycles. The summed E-state index contributed by atoms with van der Waals surface area (Å²) >= 11 is 0. The maximum atomic E-state index is 6.03. The van der Waals surface area contributed by atoms with Crippen molar-refractivity contribution in [1.29, 1.82) is 0 Å². The molecule has 0 spiro atoms. The lowest BCUT2D eigenvalue weighted by molar-refractivity contribution is 0.202. The number of aromatic nitrogens is 5. The predicted molar refractivity (Wildman–Crippen MR) is 81.7 cm³/mol. The van der Waals surface area contributed by atoms with Gasteiger partial charge < -0.3 is 13.8 Å². The van der Waals surface area contributed by atoms with Gasteiger partial charge in [0.2, 0.25) is 17.6 Å². The van der Waals surface area contributed by atoms with E-state index in [-0.39, 0.29) is 6.10 Å². The second-order valence-corrected chi connectivity index (χ2v) is 5.63. The summed E-state index contributed by atoms with van der Waals surface area (Å²) in [7, 11) is 0. The molecule has 0 aromatic carbocycles. The molecule has 7 heteroatoms. The molecule has 1 saturated carbocycles. The fourth-order valence-electron chi connectivity index (χ4n) is 2.78. The summed E-state index contributed by atoms with van der Waals surface area (Å²) in [5.74, 6) is 1.60. The molecule has 3 heterocycles. The standard InChI is InChI=1S/C16H17N5O2/c1-2-5-12(4-1)22-16-13(6-3-7-18-16)15-19-14(23-20-15)10-21-9-8-17-11-21/h3,6-9,11-12H,1-2,4-5,10H2. The number of hydrogen-bond acceptors (Lipinski definition) is 6. The first-order valence-electron chi connectivity index (χ1n) is 7.79. The third-order valence-corrected chi connectivity index (χ3v) is 3.94. The van der Waals surface area contributed by atoms with Crippen LogP contribution >= 0.6 is 0 Å². The highest BCUT2D eigenvalue weighted by Gasteiger charge is 2.21. The van der Waals surface area contributed by atoms with E-state index in [1.807, 2.05) is 22.9 Å². The van der Waals surface area contributed by atoms with Gasteiger partial charge in [-0.15, -0.1) is 0 Å². The molecule has 7 nitrogen and oxygen atoms in total. The summed E-state index contributed by atoms with van der Waals surface area (Å²) in [6, 6.07) is 3.76. The SMILES string of the molecule is c1cnc(OC2CCCC2)c(-c2noc(Cn3ccnc3)n2)c1. The Morgan fingerprint density at radius 1 is 1.26 bits per heavy atom. The molecule has 3 aromatic rings. The van der Waals surface area contributed by atoms with E-state index in [9.17, 15) is 0 Å². The molecule has 1 fully saturated rings. The maximum Gasteiger partial charge on any atom is 0.246 e. The molecule has 118 valence electrons. The Labute approximate surface area is 133 Å². The highest BCUT2D eigenvalue weighted by Crippen LogP contribution is 2.29. The second kappa shape index (κ2) is 6.20. The van der Waals surface area contributed by atoms with Crippen LogP contribution < -0.4 is 4.74 Å². The Morgan fingerprint density at radius 2 is 2.17 bits per heavy atom. The topological polar surface area (TPSA) is 78.9 Å². The van der Waals surface area contributed by atoms with Crippen molar-refractivity contribution in [1.82, 2.24) is 24.7 Å². The van der Waals surface area contributed by atoms with Crippen LogP contribution in [0.15, 0.2) is 41.6 Å². The van der Waals surface area contributed by atoms with Gasteiger partial charge in [0.15, 0.2) is 0 Å². The van der Waals surface area contributed by atoms with Crippen molar-refractivity contribution in [3.63, 3.8) is 0 Å². The molecule has 0 amide bonds. The number of ether oxygens (including phenoxy) is 1. The highest BCUT2D eigenvalue weighted by atomic mass is 16.5. The lowest BCUT2D eigenvalue weighted by atomic mass is 10.2. The third-order valence-electron chi connectivity index (χ3n) is 3.94. The second-order valence-electron chi connectivity index (χ2n) is 5.63. The molecular formula is C16H17N5O2. The molecule has 0 bridgehead atoms. The molecular weight excluding hydrogens is 294 g/mol. The molecule has 4 rings (SSSR count). The average Bonchev–Trinajstić information content (AvgIpc) is 3.31. The van der Waals surface area contributed by atoms with Crippen molar-refractivity contribution in [3.05, 3.63) is 42.9 Å². The first-order chi connectivity index (χ1) is 11.4. The van der Waals surface area contributed by atoms with Crippen molar-refractivity contribution >= 4 is 0 Å². The molecule has 3 aromatic heterocycles. The van der Waals surface area contributed by atoms with Crippen molar-refractivity contribution in [3.8, 4) is 17.3 Å². The fraction of sp³-hybridized carbons (Fsp3) is 0.375. The van der Waals surface area contributed by atoms with Gasteiger partial charge in [0, 0.05) is 18.6 Å². The van der Waals surface area contributed by atoms with E-state index in [2.05, 4.69) is 20.1 Å². The zero-order chi connectivity index (χ0) is 15.5. The molecule has 0 saturated heterocycles. The Kier molecular flexibility index (Phi) is 3.75. The summed E-state index contributed by atoms with van der Waals surface area (Å²) in [5, 5.41) is 4.06. The van der Waals surface area contributed by atoms with E-state index in [1.54, 1.807) is 18.7 Å². The van der Waals surface area contributed by atoms with Gasteiger partial charge >= 0.3 is 0 Å². The maximum absolute atomic E-state index is 6.03. The quantitative estimate of drug-likeness (QED) is 0.721. The fourth-order valence-corrected chi connectivity index (χ4v) is 2.78. The normalized spacial score (nSPS) is 15.1. The van der Waals surface area contributed by atoms with E-state index < -0.39 is 0 Å². The number of pyridine rings is 1. The monoisotopic (exact) mass is 311 g/mol. The van der Waals surface area contributed by atoms with Gasteiger partial charge in [-0.3, -0.25) is 0 Å². The minimum absolute atomic E-state index is 0.237. The minimum atomic E-state index is 0.237. The zero-order valence-corrected chi connectivity index (χ0v) is 12.6. The average molecular weight is 311 g/mol. The van der Waals surface area contributed by atoms with Crippen LogP contribution in [0.2, 0.25) is 0 Å². The van der Waals surface area contributed by atoms with Crippen LogP contribution in [-0.4, -0.2) is 30.8 Å². The Morgan fingerprint density at radius 3 is 3.00 bits per heavy atom. The van der Waals surface area contributed by atoms with Crippen LogP contribution in [0.1, 0.15) is 31.6 Å². The van der Waals surface area contributed by atoms with Gasteiger partial charge in [-0.25, -0.2) is 9.97 Å². The number of rotatable bonds is 5. The van der Waals surface area contributed by atoms with Crippen LogP contribution in [0.25, 0.3) is 11.4 Å². The van der Waals surface area contributed by atoms with Gasteiger partial charge in [0.1, 0.15) is 12.6 Å². The number of hydrogen-bond donors (Lipinski definition) is 0.